The van der Waals surface area contributed by atoms with E-state index in [2.05, 4.69) is 28.1 Å². The van der Waals surface area contributed by atoms with Gasteiger partial charge in [0.15, 0.2) is 0 Å². The molecular weight excluding hydrogens is 380 g/mol. The van der Waals surface area contributed by atoms with Crippen LogP contribution in [0.2, 0.25) is 0 Å². The molecule has 4 rings (SSSR count). The first kappa shape index (κ1) is 16.0. The van der Waals surface area contributed by atoms with Crippen molar-refractivity contribution in [2.45, 2.75) is 11.8 Å². The van der Waals surface area contributed by atoms with Gasteiger partial charge >= 0.3 is 0 Å². The van der Waals surface area contributed by atoms with E-state index >= 15 is 0 Å². The number of para-hydroxylation sites is 1. The minimum Gasteiger partial charge on any atom is -0.508 e. The SMILES string of the molecule is Oc1ccc2c(c1)OCC(c1ccc(Br)cc1)C2c1ccccc1O. The van der Waals surface area contributed by atoms with Gasteiger partial charge in [-0.05, 0) is 29.8 Å². The number of benzene rings is 3. The van der Waals surface area contributed by atoms with Crippen LogP contribution >= 0.6 is 15.9 Å². The summed E-state index contributed by atoms with van der Waals surface area (Å²) in [4.78, 5) is 0. The molecule has 2 unspecified atom stereocenters. The molecule has 4 heteroatoms. The number of hydrogen-bond acceptors (Lipinski definition) is 3. The summed E-state index contributed by atoms with van der Waals surface area (Å²) in [6.45, 7) is 0.483. The highest BCUT2D eigenvalue weighted by atomic mass is 79.9. The Labute approximate surface area is 154 Å². The second kappa shape index (κ2) is 6.45. The summed E-state index contributed by atoms with van der Waals surface area (Å²) in [6.07, 6.45) is 0. The van der Waals surface area contributed by atoms with Gasteiger partial charge in [0.25, 0.3) is 0 Å². The highest BCUT2D eigenvalue weighted by Gasteiger charge is 2.34. The normalized spacial score (nSPS) is 19.1. The molecule has 0 saturated heterocycles. The van der Waals surface area contributed by atoms with Crippen LogP contribution in [-0.2, 0) is 0 Å². The summed E-state index contributed by atoms with van der Waals surface area (Å²) >= 11 is 3.48. The van der Waals surface area contributed by atoms with Gasteiger partial charge in [-0.1, -0.05) is 52.3 Å². The van der Waals surface area contributed by atoms with Crippen LogP contribution < -0.4 is 4.74 Å². The second-order valence-corrected chi connectivity index (χ2v) is 7.14. The molecule has 1 aliphatic rings. The van der Waals surface area contributed by atoms with Crippen molar-refractivity contribution in [3.8, 4) is 17.2 Å². The number of hydrogen-bond donors (Lipinski definition) is 2. The molecule has 0 spiro atoms. The van der Waals surface area contributed by atoms with E-state index in [0.29, 0.717) is 12.4 Å². The highest BCUT2D eigenvalue weighted by molar-refractivity contribution is 9.10. The fraction of sp³-hybridized carbons (Fsp3) is 0.143. The average molecular weight is 397 g/mol. The van der Waals surface area contributed by atoms with Crippen molar-refractivity contribution in [2.75, 3.05) is 6.61 Å². The van der Waals surface area contributed by atoms with Crippen molar-refractivity contribution in [2.24, 2.45) is 0 Å². The first-order chi connectivity index (χ1) is 12.1. The Morgan fingerprint density at radius 2 is 1.64 bits per heavy atom. The molecule has 2 N–H and O–H groups in total. The van der Waals surface area contributed by atoms with Gasteiger partial charge in [0.2, 0.25) is 0 Å². The first-order valence-electron chi connectivity index (χ1n) is 8.12. The predicted octanol–water partition coefficient (Wildman–Crippen LogP) is 5.17. The van der Waals surface area contributed by atoms with E-state index in [1.807, 2.05) is 36.4 Å². The highest BCUT2D eigenvalue weighted by Crippen LogP contribution is 2.48. The maximum absolute atomic E-state index is 10.5. The first-order valence-corrected chi connectivity index (χ1v) is 8.92. The van der Waals surface area contributed by atoms with Crippen molar-refractivity contribution in [3.63, 3.8) is 0 Å². The fourth-order valence-corrected chi connectivity index (χ4v) is 3.80. The summed E-state index contributed by atoms with van der Waals surface area (Å²) in [5, 5.41) is 20.2. The number of aromatic hydroxyl groups is 2. The van der Waals surface area contributed by atoms with Crippen LogP contribution in [0.3, 0.4) is 0 Å². The third-order valence-electron chi connectivity index (χ3n) is 4.72. The summed E-state index contributed by atoms with van der Waals surface area (Å²) in [5.74, 6) is 1.14. The number of fused-ring (bicyclic) bond motifs is 1. The van der Waals surface area contributed by atoms with Crippen molar-refractivity contribution in [1.82, 2.24) is 0 Å². The molecule has 0 bridgehead atoms. The van der Waals surface area contributed by atoms with Gasteiger partial charge in [-0.15, -0.1) is 0 Å². The topological polar surface area (TPSA) is 49.7 Å². The molecule has 126 valence electrons. The Bertz CT molecular complexity index is 905. The maximum atomic E-state index is 10.5. The molecule has 3 aromatic rings. The molecule has 25 heavy (non-hydrogen) atoms. The Morgan fingerprint density at radius 3 is 2.40 bits per heavy atom. The lowest BCUT2D eigenvalue weighted by Gasteiger charge is -2.34. The molecule has 2 atom stereocenters. The van der Waals surface area contributed by atoms with Gasteiger partial charge in [-0.25, -0.2) is 0 Å². The largest absolute Gasteiger partial charge is 0.508 e. The Balaban J connectivity index is 1.88. The summed E-state index contributed by atoms with van der Waals surface area (Å²) < 4.78 is 6.97. The van der Waals surface area contributed by atoms with Crippen molar-refractivity contribution < 1.29 is 14.9 Å². The maximum Gasteiger partial charge on any atom is 0.126 e. The predicted molar refractivity (Wildman–Crippen MR) is 100 cm³/mol. The van der Waals surface area contributed by atoms with Crippen molar-refractivity contribution >= 4 is 15.9 Å². The van der Waals surface area contributed by atoms with E-state index in [0.717, 1.165) is 21.2 Å². The van der Waals surface area contributed by atoms with Crippen LogP contribution in [0.15, 0.2) is 71.2 Å². The minimum atomic E-state index is -0.0493. The van der Waals surface area contributed by atoms with E-state index in [1.165, 1.54) is 0 Å². The third kappa shape index (κ3) is 2.98. The third-order valence-corrected chi connectivity index (χ3v) is 5.25. The summed E-state index contributed by atoms with van der Waals surface area (Å²) in [5.41, 5.74) is 2.99. The number of rotatable bonds is 2. The van der Waals surface area contributed by atoms with Crippen molar-refractivity contribution in [3.05, 3.63) is 87.9 Å². The van der Waals surface area contributed by atoms with Crippen LogP contribution in [-0.4, -0.2) is 16.8 Å². The Hall–Kier alpha value is -2.46. The van der Waals surface area contributed by atoms with Gasteiger partial charge in [-0.3, -0.25) is 0 Å². The monoisotopic (exact) mass is 396 g/mol. The van der Waals surface area contributed by atoms with E-state index in [-0.39, 0.29) is 23.3 Å². The molecule has 3 aromatic carbocycles. The molecule has 0 saturated carbocycles. The molecule has 1 heterocycles. The van der Waals surface area contributed by atoms with Crippen LogP contribution in [0.4, 0.5) is 0 Å². The zero-order chi connectivity index (χ0) is 17.4. The zero-order valence-electron chi connectivity index (χ0n) is 13.4. The quantitative estimate of drug-likeness (QED) is 0.628. The fourth-order valence-electron chi connectivity index (χ4n) is 3.53. The summed E-state index contributed by atoms with van der Waals surface area (Å²) in [7, 11) is 0. The van der Waals surface area contributed by atoms with Crippen LogP contribution in [0.5, 0.6) is 17.2 Å². The number of halogens is 1. The average Bonchev–Trinajstić information content (AvgIpc) is 2.62. The lowest BCUT2D eigenvalue weighted by atomic mass is 9.75. The lowest BCUT2D eigenvalue weighted by Crippen LogP contribution is -2.25. The van der Waals surface area contributed by atoms with Crippen LogP contribution in [0.1, 0.15) is 28.5 Å². The van der Waals surface area contributed by atoms with E-state index in [1.54, 1.807) is 18.2 Å². The van der Waals surface area contributed by atoms with Crippen molar-refractivity contribution in [1.29, 1.82) is 0 Å². The minimum absolute atomic E-state index is 0.0493. The lowest BCUT2D eigenvalue weighted by molar-refractivity contribution is 0.246. The number of phenolic OH excluding ortho intramolecular Hbond substituents is 2. The van der Waals surface area contributed by atoms with E-state index in [4.69, 9.17) is 4.74 Å². The van der Waals surface area contributed by atoms with Gasteiger partial charge < -0.3 is 14.9 Å². The van der Waals surface area contributed by atoms with Gasteiger partial charge in [0.1, 0.15) is 17.2 Å². The molecular formula is C21H17BrO3. The Morgan fingerprint density at radius 1 is 0.880 bits per heavy atom. The number of ether oxygens (including phenoxy) is 1. The Kier molecular flexibility index (Phi) is 4.14. The van der Waals surface area contributed by atoms with Crippen LogP contribution in [0, 0.1) is 0 Å². The van der Waals surface area contributed by atoms with Gasteiger partial charge in [0, 0.05) is 33.5 Å². The summed E-state index contributed by atoms with van der Waals surface area (Å²) in [6, 6.07) is 20.8. The number of phenols is 2. The second-order valence-electron chi connectivity index (χ2n) is 6.23. The van der Waals surface area contributed by atoms with Crippen LogP contribution in [0.25, 0.3) is 0 Å². The zero-order valence-corrected chi connectivity index (χ0v) is 15.0. The molecule has 3 nitrogen and oxygen atoms in total. The molecule has 0 radical (unpaired) electrons. The smallest absolute Gasteiger partial charge is 0.126 e. The van der Waals surface area contributed by atoms with E-state index in [9.17, 15) is 10.2 Å². The van der Waals surface area contributed by atoms with Gasteiger partial charge in [-0.2, -0.15) is 0 Å². The molecule has 1 aliphatic heterocycles. The molecule has 0 amide bonds. The molecule has 0 aromatic heterocycles. The molecule has 0 fully saturated rings. The molecule has 0 aliphatic carbocycles. The van der Waals surface area contributed by atoms with E-state index < -0.39 is 0 Å². The standard InChI is InChI=1S/C21H17BrO3/c22-14-7-5-13(6-8-14)18-12-25-20-11-15(23)9-10-17(20)21(18)16-3-1-2-4-19(16)24/h1-11,18,21,23-24H,12H2. The van der Waals surface area contributed by atoms with Gasteiger partial charge in [0.05, 0.1) is 6.61 Å².